The molecular formula is C8H9BO. The maximum atomic E-state index is 10.4. The second-order valence-electron chi connectivity index (χ2n) is 2.48. The smallest absolute Gasteiger partial charge is 0.150 e. The lowest BCUT2D eigenvalue weighted by Crippen LogP contribution is -2.03. The Balaban J connectivity index is 3.21. The van der Waals surface area contributed by atoms with E-state index in [1.54, 1.807) is 0 Å². The highest BCUT2D eigenvalue weighted by atomic mass is 16.1. The molecule has 1 aromatic carbocycles. The first-order valence-corrected chi connectivity index (χ1v) is 3.26. The van der Waals surface area contributed by atoms with Crippen LogP contribution in [-0.2, 0) is 0 Å². The van der Waals surface area contributed by atoms with Crippen LogP contribution in [0.1, 0.15) is 15.9 Å². The highest BCUT2D eigenvalue weighted by Gasteiger charge is 1.94. The van der Waals surface area contributed by atoms with E-state index in [4.69, 9.17) is 0 Å². The molecule has 1 nitrogen and oxygen atoms in total. The lowest BCUT2D eigenvalue weighted by Gasteiger charge is -1.97. The molecule has 0 atom stereocenters. The van der Waals surface area contributed by atoms with Gasteiger partial charge in [0.05, 0.1) is 0 Å². The first kappa shape index (κ1) is 7.07. The van der Waals surface area contributed by atoms with Gasteiger partial charge >= 0.3 is 0 Å². The van der Waals surface area contributed by atoms with Gasteiger partial charge in [-0.3, -0.25) is 4.79 Å². The van der Waals surface area contributed by atoms with Crippen LogP contribution in [0.3, 0.4) is 0 Å². The summed E-state index contributed by atoms with van der Waals surface area (Å²) in [5.74, 6) is 0. The zero-order valence-electron chi connectivity index (χ0n) is 6.22. The Bertz CT molecular complexity index is 255. The SMILES string of the molecule is Bc1ccc(C)c(C=O)c1. The van der Waals surface area contributed by atoms with E-state index in [1.807, 2.05) is 33.0 Å². The predicted octanol–water partition coefficient (Wildman–Crippen LogP) is 0.0659. The van der Waals surface area contributed by atoms with Crippen LogP contribution in [0.2, 0.25) is 0 Å². The lowest BCUT2D eigenvalue weighted by atomic mass is 9.93. The first-order chi connectivity index (χ1) is 4.74. The van der Waals surface area contributed by atoms with Crippen LogP contribution >= 0.6 is 0 Å². The van der Waals surface area contributed by atoms with Gasteiger partial charge in [0.15, 0.2) is 0 Å². The Hall–Kier alpha value is -1.05. The van der Waals surface area contributed by atoms with Crippen LogP contribution in [0.5, 0.6) is 0 Å². The number of carbonyl (C=O) groups is 1. The lowest BCUT2D eigenvalue weighted by molar-refractivity contribution is 0.112. The molecule has 0 saturated carbocycles. The Morgan fingerprint density at radius 2 is 2.20 bits per heavy atom. The molecule has 2 heteroatoms. The largest absolute Gasteiger partial charge is 0.298 e. The van der Waals surface area contributed by atoms with Crippen LogP contribution < -0.4 is 5.46 Å². The van der Waals surface area contributed by atoms with E-state index in [-0.39, 0.29) is 0 Å². The zero-order valence-corrected chi connectivity index (χ0v) is 6.22. The molecule has 0 aliphatic rings. The summed E-state index contributed by atoms with van der Waals surface area (Å²) in [6.07, 6.45) is 0.891. The van der Waals surface area contributed by atoms with Crippen molar-refractivity contribution >= 4 is 19.6 Å². The monoisotopic (exact) mass is 132 g/mol. The van der Waals surface area contributed by atoms with Gasteiger partial charge in [-0.25, -0.2) is 0 Å². The average Bonchev–Trinajstić information content (AvgIpc) is 1.94. The molecule has 0 N–H and O–H groups in total. The average molecular weight is 132 g/mol. The van der Waals surface area contributed by atoms with E-state index in [1.165, 1.54) is 0 Å². The third-order valence-corrected chi connectivity index (χ3v) is 1.56. The van der Waals surface area contributed by atoms with Crippen molar-refractivity contribution in [2.75, 3.05) is 0 Å². The number of aldehydes is 1. The highest BCUT2D eigenvalue weighted by Crippen LogP contribution is 2.00. The molecule has 0 radical (unpaired) electrons. The van der Waals surface area contributed by atoms with E-state index in [9.17, 15) is 4.79 Å². The van der Waals surface area contributed by atoms with Crippen molar-refractivity contribution in [2.24, 2.45) is 0 Å². The molecule has 0 spiro atoms. The molecule has 1 aromatic rings. The van der Waals surface area contributed by atoms with Crippen LogP contribution in [0, 0.1) is 6.92 Å². The number of aryl methyl sites for hydroxylation is 1. The van der Waals surface area contributed by atoms with Crippen molar-refractivity contribution in [3.8, 4) is 0 Å². The number of carbonyl (C=O) groups excluding carboxylic acids is 1. The Kier molecular flexibility index (Phi) is 1.90. The highest BCUT2D eigenvalue weighted by molar-refractivity contribution is 6.32. The minimum absolute atomic E-state index is 0.792. The number of rotatable bonds is 1. The molecule has 1 rings (SSSR count). The van der Waals surface area contributed by atoms with Crippen LogP contribution in [0.25, 0.3) is 0 Å². The Labute approximate surface area is 61.5 Å². The molecule has 0 aliphatic carbocycles. The molecule has 50 valence electrons. The maximum absolute atomic E-state index is 10.4. The van der Waals surface area contributed by atoms with Gasteiger partial charge in [0.25, 0.3) is 0 Å². The second kappa shape index (κ2) is 2.69. The quantitative estimate of drug-likeness (QED) is 0.390. The van der Waals surface area contributed by atoms with Crippen molar-refractivity contribution in [3.63, 3.8) is 0 Å². The molecule has 0 bridgehead atoms. The predicted molar refractivity (Wildman–Crippen MR) is 44.7 cm³/mol. The molecule has 0 amide bonds. The van der Waals surface area contributed by atoms with Crippen molar-refractivity contribution < 1.29 is 4.79 Å². The van der Waals surface area contributed by atoms with Crippen molar-refractivity contribution in [2.45, 2.75) is 6.92 Å². The topological polar surface area (TPSA) is 17.1 Å². The minimum atomic E-state index is 0.792. The van der Waals surface area contributed by atoms with Gasteiger partial charge < -0.3 is 0 Å². The third kappa shape index (κ3) is 1.27. The van der Waals surface area contributed by atoms with Crippen molar-refractivity contribution in [3.05, 3.63) is 29.3 Å². The molecule has 0 fully saturated rings. The number of benzene rings is 1. The summed E-state index contributed by atoms with van der Waals surface area (Å²) in [5, 5.41) is 0. The summed E-state index contributed by atoms with van der Waals surface area (Å²) in [4.78, 5) is 10.4. The normalized spacial score (nSPS) is 9.30. The summed E-state index contributed by atoms with van der Waals surface area (Å²) >= 11 is 0. The van der Waals surface area contributed by atoms with Crippen LogP contribution in [0.15, 0.2) is 18.2 Å². The molecule has 0 aromatic heterocycles. The van der Waals surface area contributed by atoms with Gasteiger partial charge in [0, 0.05) is 5.56 Å². The van der Waals surface area contributed by atoms with E-state index < -0.39 is 0 Å². The number of hydrogen-bond acceptors (Lipinski definition) is 1. The van der Waals surface area contributed by atoms with Gasteiger partial charge in [-0.1, -0.05) is 23.7 Å². The summed E-state index contributed by atoms with van der Waals surface area (Å²) < 4.78 is 0. The Morgan fingerprint density at radius 1 is 1.50 bits per heavy atom. The fraction of sp³-hybridized carbons (Fsp3) is 0.125. The molecule has 0 saturated heterocycles. The summed E-state index contributed by atoms with van der Waals surface area (Å²) in [7, 11) is 1.98. The Morgan fingerprint density at radius 3 is 2.70 bits per heavy atom. The van der Waals surface area contributed by atoms with Crippen LogP contribution in [0.4, 0.5) is 0 Å². The fourth-order valence-electron chi connectivity index (χ4n) is 0.887. The van der Waals surface area contributed by atoms with Gasteiger partial charge in [0.1, 0.15) is 14.1 Å². The van der Waals surface area contributed by atoms with E-state index in [0.717, 1.165) is 22.9 Å². The summed E-state index contributed by atoms with van der Waals surface area (Å²) in [5.41, 5.74) is 2.97. The van der Waals surface area contributed by atoms with Gasteiger partial charge in [-0.2, -0.15) is 0 Å². The molecular weight excluding hydrogens is 123 g/mol. The third-order valence-electron chi connectivity index (χ3n) is 1.56. The fourth-order valence-corrected chi connectivity index (χ4v) is 0.887. The van der Waals surface area contributed by atoms with Crippen molar-refractivity contribution in [1.29, 1.82) is 0 Å². The molecule has 0 heterocycles. The van der Waals surface area contributed by atoms with Gasteiger partial charge in [-0.05, 0) is 12.5 Å². The zero-order chi connectivity index (χ0) is 7.56. The van der Waals surface area contributed by atoms with Gasteiger partial charge in [0.2, 0.25) is 0 Å². The van der Waals surface area contributed by atoms with E-state index >= 15 is 0 Å². The van der Waals surface area contributed by atoms with Crippen LogP contribution in [-0.4, -0.2) is 14.1 Å². The molecule has 0 aliphatic heterocycles. The first-order valence-electron chi connectivity index (χ1n) is 3.26. The molecule has 10 heavy (non-hydrogen) atoms. The van der Waals surface area contributed by atoms with Gasteiger partial charge in [-0.15, -0.1) is 0 Å². The molecule has 0 unspecified atom stereocenters. The number of hydrogen-bond donors (Lipinski definition) is 0. The summed E-state index contributed by atoms with van der Waals surface area (Å²) in [6, 6.07) is 5.85. The standard InChI is InChI=1S/C8H9BO/c1-6-2-3-8(9)4-7(6)5-10/h2-5H,9H2,1H3. The maximum Gasteiger partial charge on any atom is 0.150 e. The van der Waals surface area contributed by atoms with E-state index in [0.29, 0.717) is 0 Å². The second-order valence-corrected chi connectivity index (χ2v) is 2.48. The van der Waals surface area contributed by atoms with E-state index in [2.05, 4.69) is 0 Å². The van der Waals surface area contributed by atoms with Crippen molar-refractivity contribution in [1.82, 2.24) is 0 Å². The summed E-state index contributed by atoms with van der Waals surface area (Å²) in [6.45, 7) is 1.93. The minimum Gasteiger partial charge on any atom is -0.298 e.